The number of carbonyl (C=O) groups is 1. The third-order valence-corrected chi connectivity index (χ3v) is 2.68. The van der Waals surface area contributed by atoms with Gasteiger partial charge in [0.15, 0.2) is 0 Å². The minimum absolute atomic E-state index is 0.0358. The van der Waals surface area contributed by atoms with E-state index >= 15 is 0 Å². The van der Waals surface area contributed by atoms with Crippen molar-refractivity contribution in [2.45, 2.75) is 26.3 Å². The second kappa shape index (κ2) is 3.84. The maximum absolute atomic E-state index is 11.6. The second-order valence-electron chi connectivity index (χ2n) is 3.82. The smallest absolute Gasteiger partial charge is 0.228 e. The number of likely N-dealkylation sites (tertiary alicyclic amines) is 1. The Morgan fingerprint density at radius 3 is 3.07 bits per heavy atom. The summed E-state index contributed by atoms with van der Waals surface area (Å²) in [5.74, 6) is 0.0358. The van der Waals surface area contributed by atoms with Gasteiger partial charge in [0, 0.05) is 24.4 Å². The lowest BCUT2D eigenvalue weighted by molar-refractivity contribution is -0.131. The van der Waals surface area contributed by atoms with Gasteiger partial charge in [-0.05, 0) is 6.92 Å². The van der Waals surface area contributed by atoms with Gasteiger partial charge in [-0.15, -0.1) is 0 Å². The second-order valence-corrected chi connectivity index (χ2v) is 3.82. The van der Waals surface area contributed by atoms with E-state index in [2.05, 4.69) is 9.97 Å². The van der Waals surface area contributed by atoms with E-state index in [0.29, 0.717) is 25.2 Å². The number of nitrogens with zero attached hydrogens (tertiary/aromatic N) is 2. The van der Waals surface area contributed by atoms with Crippen molar-refractivity contribution in [3.8, 4) is 0 Å². The Labute approximate surface area is 88.0 Å². The Hall–Kier alpha value is -1.65. The fourth-order valence-corrected chi connectivity index (χ4v) is 1.67. The number of imidazole rings is 1. The van der Waals surface area contributed by atoms with Crippen molar-refractivity contribution in [3.05, 3.63) is 17.7 Å². The summed E-state index contributed by atoms with van der Waals surface area (Å²) in [7, 11) is 0. The molecule has 0 saturated carbocycles. The van der Waals surface area contributed by atoms with Crippen LogP contribution in [0.3, 0.4) is 0 Å². The number of H-pyrrole nitrogens is 1. The van der Waals surface area contributed by atoms with E-state index in [4.69, 9.17) is 5.41 Å². The van der Waals surface area contributed by atoms with Crippen molar-refractivity contribution < 1.29 is 4.79 Å². The molecule has 0 aromatic carbocycles. The summed E-state index contributed by atoms with van der Waals surface area (Å²) in [4.78, 5) is 20.5. The lowest BCUT2D eigenvalue weighted by Crippen LogP contribution is -2.38. The number of rotatable bonds is 2. The van der Waals surface area contributed by atoms with Crippen molar-refractivity contribution in [2.75, 3.05) is 6.54 Å². The molecule has 2 rings (SSSR count). The Morgan fingerprint density at radius 1 is 1.67 bits per heavy atom. The van der Waals surface area contributed by atoms with Crippen LogP contribution >= 0.6 is 0 Å². The van der Waals surface area contributed by atoms with Gasteiger partial charge in [0.05, 0.1) is 25.0 Å². The average molecular weight is 206 g/mol. The number of piperidine rings is 1. The Bertz CT molecular complexity index is 396. The Kier molecular flexibility index (Phi) is 2.53. The van der Waals surface area contributed by atoms with Crippen LogP contribution in [0.2, 0.25) is 0 Å². The van der Waals surface area contributed by atoms with Gasteiger partial charge in [-0.3, -0.25) is 4.79 Å². The minimum atomic E-state index is 0.0358. The van der Waals surface area contributed by atoms with Crippen LogP contribution in [0.1, 0.15) is 24.2 Å². The van der Waals surface area contributed by atoms with Crippen molar-refractivity contribution >= 4 is 11.6 Å². The van der Waals surface area contributed by atoms with Crippen LogP contribution in [-0.2, 0) is 11.3 Å². The van der Waals surface area contributed by atoms with Gasteiger partial charge in [-0.2, -0.15) is 0 Å². The molecule has 0 spiro atoms. The van der Waals surface area contributed by atoms with Crippen LogP contribution in [0.15, 0.2) is 6.33 Å². The summed E-state index contributed by atoms with van der Waals surface area (Å²) in [5, 5.41) is 7.43. The van der Waals surface area contributed by atoms with E-state index in [1.54, 1.807) is 11.2 Å². The zero-order chi connectivity index (χ0) is 10.8. The van der Waals surface area contributed by atoms with Gasteiger partial charge in [0.2, 0.25) is 5.91 Å². The molecule has 1 saturated heterocycles. The topological polar surface area (TPSA) is 72.8 Å². The van der Waals surface area contributed by atoms with Gasteiger partial charge < -0.3 is 15.3 Å². The molecule has 0 radical (unpaired) electrons. The molecule has 5 nitrogen and oxygen atoms in total. The highest BCUT2D eigenvalue weighted by atomic mass is 16.2. The third kappa shape index (κ3) is 2.06. The molecule has 1 aliphatic rings. The molecule has 0 unspecified atom stereocenters. The minimum Gasteiger partial charge on any atom is -0.348 e. The summed E-state index contributed by atoms with van der Waals surface area (Å²) in [6.45, 7) is 3.14. The summed E-state index contributed by atoms with van der Waals surface area (Å²) in [6.07, 6.45) is 2.60. The molecule has 1 fully saturated rings. The first-order chi connectivity index (χ1) is 7.16. The standard InChI is InChI=1S/C10H14N4O/c1-7-9(13-6-12-7)5-14-3-2-8(11)4-10(14)15/h6,11H,2-5H2,1H3,(H,12,13). The lowest BCUT2D eigenvalue weighted by atomic mass is 10.1. The first kappa shape index (κ1) is 9.89. The lowest BCUT2D eigenvalue weighted by Gasteiger charge is -2.26. The highest BCUT2D eigenvalue weighted by molar-refractivity contribution is 6.01. The highest BCUT2D eigenvalue weighted by Gasteiger charge is 2.22. The summed E-state index contributed by atoms with van der Waals surface area (Å²) < 4.78 is 0. The molecule has 2 N–H and O–H groups in total. The van der Waals surface area contributed by atoms with Crippen LogP contribution in [0.25, 0.3) is 0 Å². The zero-order valence-corrected chi connectivity index (χ0v) is 8.71. The number of aryl methyl sites for hydroxylation is 1. The van der Waals surface area contributed by atoms with Crippen LogP contribution in [-0.4, -0.2) is 33.0 Å². The third-order valence-electron chi connectivity index (χ3n) is 2.68. The number of aromatic nitrogens is 2. The molecule has 1 aliphatic heterocycles. The molecule has 1 aromatic heterocycles. The van der Waals surface area contributed by atoms with E-state index < -0.39 is 0 Å². The fourth-order valence-electron chi connectivity index (χ4n) is 1.67. The summed E-state index contributed by atoms with van der Waals surface area (Å²) in [5.41, 5.74) is 2.45. The van der Waals surface area contributed by atoms with Crippen molar-refractivity contribution in [1.29, 1.82) is 5.41 Å². The average Bonchev–Trinajstić information content (AvgIpc) is 2.57. The first-order valence-electron chi connectivity index (χ1n) is 4.99. The molecule has 1 aromatic rings. The summed E-state index contributed by atoms with van der Waals surface area (Å²) >= 11 is 0. The molecule has 0 atom stereocenters. The van der Waals surface area contributed by atoms with E-state index in [1.165, 1.54) is 0 Å². The van der Waals surface area contributed by atoms with Crippen LogP contribution < -0.4 is 0 Å². The van der Waals surface area contributed by atoms with E-state index in [0.717, 1.165) is 11.4 Å². The number of hydrogen-bond acceptors (Lipinski definition) is 3. The van der Waals surface area contributed by atoms with Gasteiger partial charge in [-0.25, -0.2) is 4.98 Å². The van der Waals surface area contributed by atoms with Gasteiger partial charge in [0.1, 0.15) is 0 Å². The molecular weight excluding hydrogens is 192 g/mol. The van der Waals surface area contributed by atoms with Crippen molar-refractivity contribution in [2.24, 2.45) is 0 Å². The number of aromatic amines is 1. The van der Waals surface area contributed by atoms with E-state index in [9.17, 15) is 4.79 Å². The molecule has 2 heterocycles. The Balaban J connectivity index is 2.04. The number of carbonyl (C=O) groups excluding carboxylic acids is 1. The predicted octanol–water partition coefficient (Wildman–Crippen LogP) is 0.860. The molecular formula is C10H14N4O. The molecule has 0 bridgehead atoms. The van der Waals surface area contributed by atoms with Gasteiger partial charge in [-0.1, -0.05) is 0 Å². The molecule has 1 amide bonds. The van der Waals surface area contributed by atoms with Crippen molar-refractivity contribution in [1.82, 2.24) is 14.9 Å². The van der Waals surface area contributed by atoms with Crippen LogP contribution in [0, 0.1) is 12.3 Å². The number of nitrogens with one attached hydrogen (secondary N) is 2. The fraction of sp³-hybridized carbons (Fsp3) is 0.500. The largest absolute Gasteiger partial charge is 0.348 e. The van der Waals surface area contributed by atoms with Crippen molar-refractivity contribution in [3.63, 3.8) is 0 Å². The Morgan fingerprint density at radius 2 is 2.47 bits per heavy atom. The van der Waals surface area contributed by atoms with Crippen LogP contribution in [0.5, 0.6) is 0 Å². The molecule has 0 aliphatic carbocycles. The summed E-state index contributed by atoms with van der Waals surface area (Å²) in [6, 6.07) is 0. The predicted molar refractivity (Wildman–Crippen MR) is 55.7 cm³/mol. The highest BCUT2D eigenvalue weighted by Crippen LogP contribution is 2.12. The number of hydrogen-bond donors (Lipinski definition) is 2. The van der Waals surface area contributed by atoms with Gasteiger partial charge in [0.25, 0.3) is 0 Å². The zero-order valence-electron chi connectivity index (χ0n) is 8.71. The molecule has 80 valence electrons. The van der Waals surface area contributed by atoms with Crippen LogP contribution in [0.4, 0.5) is 0 Å². The maximum atomic E-state index is 11.6. The molecule has 5 heteroatoms. The van der Waals surface area contributed by atoms with Gasteiger partial charge >= 0.3 is 0 Å². The molecule has 15 heavy (non-hydrogen) atoms. The normalized spacial score (nSPS) is 17.3. The first-order valence-corrected chi connectivity index (χ1v) is 4.99. The van der Waals surface area contributed by atoms with E-state index in [1.807, 2.05) is 6.92 Å². The monoisotopic (exact) mass is 206 g/mol. The SMILES string of the molecule is Cc1[nH]cnc1CN1CCC(=N)CC1=O. The van der Waals surface area contributed by atoms with E-state index in [-0.39, 0.29) is 12.3 Å². The number of amides is 1. The maximum Gasteiger partial charge on any atom is 0.228 e. The quantitative estimate of drug-likeness (QED) is 0.753.